The Labute approximate surface area is 125 Å². The van der Waals surface area contributed by atoms with Gasteiger partial charge in [-0.15, -0.1) is 0 Å². The molecule has 5 nitrogen and oxygen atoms in total. The van der Waals surface area contributed by atoms with Gasteiger partial charge in [0.05, 0.1) is 17.4 Å². The van der Waals surface area contributed by atoms with Gasteiger partial charge < -0.3 is 5.32 Å². The lowest BCUT2D eigenvalue weighted by Crippen LogP contribution is -2.24. The van der Waals surface area contributed by atoms with E-state index in [9.17, 15) is 0 Å². The molecule has 0 spiro atoms. The lowest BCUT2D eigenvalue weighted by Gasteiger charge is -2.24. The summed E-state index contributed by atoms with van der Waals surface area (Å²) in [5, 5.41) is 3.17. The van der Waals surface area contributed by atoms with E-state index in [-0.39, 0.29) is 0 Å². The van der Waals surface area contributed by atoms with Crippen LogP contribution in [-0.2, 0) is 6.54 Å². The summed E-state index contributed by atoms with van der Waals surface area (Å²) in [6.45, 7) is 3.98. The molecule has 1 fully saturated rings. The maximum Gasteiger partial charge on any atom is 0.130 e. The average molecular weight is 283 g/mol. The normalized spacial score (nSPS) is 18.9. The quantitative estimate of drug-likeness (QED) is 0.934. The van der Waals surface area contributed by atoms with Gasteiger partial charge in [0.2, 0.25) is 0 Å². The number of pyridine rings is 1. The molecule has 1 aliphatic rings. The fourth-order valence-electron chi connectivity index (χ4n) is 3.00. The van der Waals surface area contributed by atoms with E-state index < -0.39 is 0 Å². The van der Waals surface area contributed by atoms with Gasteiger partial charge in [-0.1, -0.05) is 6.07 Å². The first-order valence-electron chi connectivity index (χ1n) is 7.42. The zero-order chi connectivity index (χ0) is 14.7. The summed E-state index contributed by atoms with van der Waals surface area (Å²) in [6, 6.07) is 4.49. The Balaban J connectivity index is 1.81. The van der Waals surface area contributed by atoms with Gasteiger partial charge in [-0.2, -0.15) is 0 Å². The van der Waals surface area contributed by atoms with Crippen molar-refractivity contribution in [2.45, 2.75) is 32.4 Å². The topological polar surface area (TPSA) is 53.9 Å². The summed E-state index contributed by atoms with van der Waals surface area (Å²) in [4.78, 5) is 15.8. The molecular formula is C16H21N5. The highest BCUT2D eigenvalue weighted by Gasteiger charge is 2.27. The molecule has 1 atom stereocenters. The van der Waals surface area contributed by atoms with Crippen LogP contribution in [0.25, 0.3) is 0 Å². The van der Waals surface area contributed by atoms with Crippen molar-refractivity contribution in [2.75, 3.05) is 18.9 Å². The van der Waals surface area contributed by atoms with E-state index in [2.05, 4.69) is 31.2 Å². The minimum absolute atomic E-state index is 0.363. The molecule has 0 aromatic carbocycles. The number of aromatic nitrogens is 3. The highest BCUT2D eigenvalue weighted by molar-refractivity contribution is 5.42. The van der Waals surface area contributed by atoms with E-state index in [1.165, 1.54) is 12.0 Å². The van der Waals surface area contributed by atoms with Crippen LogP contribution in [0.2, 0.25) is 0 Å². The number of hydrogen-bond donors (Lipinski definition) is 1. The van der Waals surface area contributed by atoms with Crippen molar-refractivity contribution in [2.24, 2.45) is 0 Å². The smallest absolute Gasteiger partial charge is 0.130 e. The summed E-state index contributed by atoms with van der Waals surface area (Å²) in [5.41, 5.74) is 3.30. The van der Waals surface area contributed by atoms with Crippen LogP contribution in [0.3, 0.4) is 0 Å². The van der Waals surface area contributed by atoms with E-state index in [1.807, 2.05) is 38.6 Å². The fourth-order valence-corrected chi connectivity index (χ4v) is 3.00. The van der Waals surface area contributed by atoms with Crippen molar-refractivity contribution in [3.8, 4) is 0 Å². The van der Waals surface area contributed by atoms with Crippen LogP contribution in [0.15, 0.2) is 30.7 Å². The second-order valence-electron chi connectivity index (χ2n) is 5.47. The number of nitrogens with one attached hydrogen (secondary N) is 1. The van der Waals surface area contributed by atoms with Crippen molar-refractivity contribution in [3.63, 3.8) is 0 Å². The van der Waals surface area contributed by atoms with Crippen molar-refractivity contribution in [3.05, 3.63) is 47.7 Å². The summed E-state index contributed by atoms with van der Waals surface area (Å²) in [7, 11) is 1.92. The Morgan fingerprint density at radius 1 is 1.38 bits per heavy atom. The van der Waals surface area contributed by atoms with E-state index in [0.29, 0.717) is 6.04 Å². The van der Waals surface area contributed by atoms with Crippen molar-refractivity contribution in [1.29, 1.82) is 0 Å². The summed E-state index contributed by atoms with van der Waals surface area (Å²) >= 11 is 0. The van der Waals surface area contributed by atoms with Crippen LogP contribution in [0, 0.1) is 6.92 Å². The minimum Gasteiger partial charge on any atom is -0.373 e. The molecule has 0 radical (unpaired) electrons. The first kappa shape index (κ1) is 13.9. The molecule has 3 rings (SSSR count). The second-order valence-corrected chi connectivity index (χ2v) is 5.47. The largest absolute Gasteiger partial charge is 0.373 e. The lowest BCUT2D eigenvalue weighted by molar-refractivity contribution is 0.244. The number of nitrogens with zero attached hydrogens (tertiary/aromatic N) is 4. The Morgan fingerprint density at radius 3 is 3.10 bits per heavy atom. The number of rotatable bonds is 4. The SMILES string of the molecule is CNc1ncccc1CN1CCC[C@H]1c1cncc(C)n1. The predicted octanol–water partition coefficient (Wildman–Crippen LogP) is 2.56. The Bertz CT molecular complexity index is 613. The van der Waals surface area contributed by atoms with Gasteiger partial charge in [-0.3, -0.25) is 14.9 Å². The molecule has 0 unspecified atom stereocenters. The molecule has 2 aromatic rings. The Morgan fingerprint density at radius 2 is 2.29 bits per heavy atom. The summed E-state index contributed by atoms with van der Waals surface area (Å²) in [6.07, 6.45) is 7.88. The monoisotopic (exact) mass is 283 g/mol. The first-order valence-corrected chi connectivity index (χ1v) is 7.42. The number of hydrogen-bond acceptors (Lipinski definition) is 5. The third-order valence-electron chi connectivity index (χ3n) is 3.98. The zero-order valence-corrected chi connectivity index (χ0v) is 12.6. The molecular weight excluding hydrogens is 262 g/mol. The third-order valence-corrected chi connectivity index (χ3v) is 3.98. The van der Waals surface area contributed by atoms with Crippen molar-refractivity contribution in [1.82, 2.24) is 19.9 Å². The van der Waals surface area contributed by atoms with Gasteiger partial charge in [0.1, 0.15) is 5.82 Å². The number of aryl methyl sites for hydroxylation is 1. The van der Waals surface area contributed by atoms with Crippen LogP contribution in [0.1, 0.15) is 35.8 Å². The molecule has 1 N–H and O–H groups in total. The molecule has 0 saturated carbocycles. The van der Waals surface area contributed by atoms with Gasteiger partial charge in [0.25, 0.3) is 0 Å². The third kappa shape index (κ3) is 3.03. The van der Waals surface area contributed by atoms with E-state index in [0.717, 1.165) is 36.7 Å². The molecule has 21 heavy (non-hydrogen) atoms. The number of likely N-dealkylation sites (tertiary alicyclic amines) is 1. The van der Waals surface area contributed by atoms with Gasteiger partial charge in [-0.05, 0) is 32.4 Å². The zero-order valence-electron chi connectivity index (χ0n) is 12.6. The van der Waals surface area contributed by atoms with E-state index >= 15 is 0 Å². The van der Waals surface area contributed by atoms with Crippen molar-refractivity contribution < 1.29 is 0 Å². The molecule has 3 heterocycles. The highest BCUT2D eigenvalue weighted by atomic mass is 15.2. The molecule has 1 saturated heterocycles. The van der Waals surface area contributed by atoms with Crippen LogP contribution in [0.5, 0.6) is 0 Å². The van der Waals surface area contributed by atoms with Gasteiger partial charge in [-0.25, -0.2) is 4.98 Å². The van der Waals surface area contributed by atoms with Crippen LogP contribution in [-0.4, -0.2) is 33.4 Å². The molecule has 5 heteroatoms. The molecule has 110 valence electrons. The van der Waals surface area contributed by atoms with Crippen LogP contribution >= 0.6 is 0 Å². The van der Waals surface area contributed by atoms with Crippen LogP contribution in [0.4, 0.5) is 5.82 Å². The minimum atomic E-state index is 0.363. The van der Waals surface area contributed by atoms with E-state index in [1.54, 1.807) is 0 Å². The molecule has 0 bridgehead atoms. The van der Waals surface area contributed by atoms with E-state index in [4.69, 9.17) is 0 Å². The summed E-state index contributed by atoms with van der Waals surface area (Å²) < 4.78 is 0. The molecule has 0 aliphatic carbocycles. The van der Waals surface area contributed by atoms with Gasteiger partial charge in [0, 0.05) is 37.7 Å². The average Bonchev–Trinajstić information content (AvgIpc) is 2.96. The first-order chi connectivity index (χ1) is 10.3. The lowest BCUT2D eigenvalue weighted by atomic mass is 10.1. The standard InChI is InChI=1S/C16H21N5/c1-12-9-18-10-14(20-12)15-6-4-8-21(15)11-13-5-3-7-19-16(13)17-2/h3,5,7,9-10,15H,4,6,8,11H2,1-2H3,(H,17,19)/t15-/m0/s1. The van der Waals surface area contributed by atoms with Crippen LogP contribution < -0.4 is 5.32 Å². The maximum atomic E-state index is 4.65. The Kier molecular flexibility index (Phi) is 4.10. The maximum absolute atomic E-state index is 4.65. The molecule has 0 amide bonds. The fraction of sp³-hybridized carbons (Fsp3) is 0.438. The predicted molar refractivity (Wildman–Crippen MR) is 82.9 cm³/mol. The molecule has 1 aliphatic heterocycles. The number of anilines is 1. The highest BCUT2D eigenvalue weighted by Crippen LogP contribution is 2.32. The summed E-state index contributed by atoms with van der Waals surface area (Å²) in [5.74, 6) is 0.957. The van der Waals surface area contributed by atoms with Gasteiger partial charge >= 0.3 is 0 Å². The molecule has 2 aromatic heterocycles. The Hall–Kier alpha value is -2.01. The van der Waals surface area contributed by atoms with Crippen molar-refractivity contribution >= 4 is 5.82 Å². The second kappa shape index (κ2) is 6.18. The van der Waals surface area contributed by atoms with Gasteiger partial charge in [0.15, 0.2) is 0 Å².